The number of cyclic esters (lactones) is 1. The highest BCUT2D eigenvalue weighted by Gasteiger charge is 2.56. The number of hydrogen-bond acceptors (Lipinski definition) is 3. The van der Waals surface area contributed by atoms with Gasteiger partial charge >= 0.3 is 5.97 Å². The van der Waals surface area contributed by atoms with Crippen molar-refractivity contribution in [1.82, 2.24) is 0 Å². The number of aliphatic hydroxyl groups is 1. The largest absolute Gasteiger partial charge is 0.462 e. The summed E-state index contributed by atoms with van der Waals surface area (Å²) in [5.74, 6) is 0.488. The maximum Gasteiger partial charge on any atom is 0.333 e. The van der Waals surface area contributed by atoms with Crippen molar-refractivity contribution in [2.24, 2.45) is 22.7 Å². The lowest BCUT2D eigenvalue weighted by molar-refractivity contribution is -0.135. The van der Waals surface area contributed by atoms with E-state index in [0.29, 0.717) is 24.9 Å². The van der Waals surface area contributed by atoms with E-state index >= 15 is 0 Å². The van der Waals surface area contributed by atoms with Crippen LogP contribution in [0.2, 0.25) is 0 Å². The van der Waals surface area contributed by atoms with E-state index in [4.69, 9.17) is 4.74 Å². The Balaban J connectivity index is 1.89. The van der Waals surface area contributed by atoms with E-state index in [0.717, 1.165) is 30.4 Å². The zero-order valence-electron chi connectivity index (χ0n) is 14.7. The molecule has 0 aromatic carbocycles. The Morgan fingerprint density at radius 1 is 1.35 bits per heavy atom. The molecule has 0 amide bonds. The van der Waals surface area contributed by atoms with Crippen LogP contribution in [0.1, 0.15) is 59.3 Å². The molecule has 1 N–H and O–H groups in total. The van der Waals surface area contributed by atoms with Crippen LogP contribution in [0.4, 0.5) is 0 Å². The first-order valence-electron chi connectivity index (χ1n) is 8.97. The summed E-state index contributed by atoms with van der Waals surface area (Å²) in [5.41, 5.74) is 2.19. The molecule has 1 aliphatic heterocycles. The molecule has 1 saturated heterocycles. The lowest BCUT2D eigenvalue weighted by Crippen LogP contribution is -2.55. The van der Waals surface area contributed by atoms with E-state index in [9.17, 15) is 9.90 Å². The summed E-state index contributed by atoms with van der Waals surface area (Å²) in [6, 6.07) is 0. The molecule has 0 aromatic rings. The summed E-state index contributed by atoms with van der Waals surface area (Å²) in [6.07, 6.45) is 7.57. The van der Waals surface area contributed by atoms with Crippen molar-refractivity contribution >= 4 is 5.97 Å². The molecule has 3 rings (SSSR count). The van der Waals surface area contributed by atoms with Crippen LogP contribution in [-0.2, 0) is 9.53 Å². The van der Waals surface area contributed by atoms with Crippen molar-refractivity contribution in [3.63, 3.8) is 0 Å². The highest BCUT2D eigenvalue weighted by molar-refractivity contribution is 5.90. The first-order valence-corrected chi connectivity index (χ1v) is 8.97. The van der Waals surface area contributed by atoms with Crippen molar-refractivity contribution in [3.8, 4) is 0 Å². The maximum atomic E-state index is 11.7. The topological polar surface area (TPSA) is 46.5 Å². The highest BCUT2D eigenvalue weighted by Crippen LogP contribution is 2.61. The zero-order valence-corrected chi connectivity index (χ0v) is 14.7. The third kappa shape index (κ3) is 2.77. The first kappa shape index (κ1) is 16.8. The van der Waals surface area contributed by atoms with Crippen LogP contribution in [0.15, 0.2) is 23.8 Å². The molecule has 3 nitrogen and oxygen atoms in total. The number of fused-ring (bicyclic) bond motifs is 1. The molecule has 3 heteroatoms. The van der Waals surface area contributed by atoms with Crippen molar-refractivity contribution < 1.29 is 14.6 Å². The van der Waals surface area contributed by atoms with Gasteiger partial charge in [0.2, 0.25) is 0 Å². The number of carbonyl (C=O) groups is 1. The molecule has 0 bridgehead atoms. The van der Waals surface area contributed by atoms with Gasteiger partial charge in [-0.25, -0.2) is 4.79 Å². The molecule has 0 radical (unpaired) electrons. The molecule has 23 heavy (non-hydrogen) atoms. The van der Waals surface area contributed by atoms with Gasteiger partial charge in [-0.05, 0) is 48.3 Å². The molecule has 3 aliphatic rings. The average molecular weight is 318 g/mol. The van der Waals surface area contributed by atoms with Crippen LogP contribution in [0.3, 0.4) is 0 Å². The Hall–Kier alpha value is -1.09. The Bertz CT molecular complexity index is 545. The Kier molecular flexibility index (Phi) is 4.20. The van der Waals surface area contributed by atoms with Gasteiger partial charge in [0.1, 0.15) is 0 Å². The van der Waals surface area contributed by atoms with Crippen molar-refractivity contribution in [1.29, 1.82) is 0 Å². The van der Waals surface area contributed by atoms with Crippen molar-refractivity contribution in [2.75, 3.05) is 6.61 Å². The molecule has 4 atom stereocenters. The summed E-state index contributed by atoms with van der Waals surface area (Å²) in [5, 5.41) is 10.8. The second-order valence-electron chi connectivity index (χ2n) is 8.66. The monoisotopic (exact) mass is 318 g/mol. The van der Waals surface area contributed by atoms with Crippen LogP contribution in [-0.4, -0.2) is 23.8 Å². The maximum absolute atomic E-state index is 11.7. The number of carbonyl (C=O) groups excluding carboxylic acids is 1. The van der Waals surface area contributed by atoms with Gasteiger partial charge in [0, 0.05) is 12.0 Å². The van der Waals surface area contributed by atoms with Crippen molar-refractivity contribution in [3.05, 3.63) is 23.8 Å². The van der Waals surface area contributed by atoms with E-state index in [1.54, 1.807) is 0 Å². The smallest absolute Gasteiger partial charge is 0.333 e. The van der Waals surface area contributed by atoms with Gasteiger partial charge < -0.3 is 9.84 Å². The van der Waals surface area contributed by atoms with Gasteiger partial charge in [-0.1, -0.05) is 45.4 Å². The van der Waals surface area contributed by atoms with E-state index in [1.165, 1.54) is 12.8 Å². The van der Waals surface area contributed by atoms with E-state index < -0.39 is 0 Å². The van der Waals surface area contributed by atoms with Crippen LogP contribution in [0.5, 0.6) is 0 Å². The molecular formula is C20H30O3. The second kappa shape index (κ2) is 5.77. The van der Waals surface area contributed by atoms with Gasteiger partial charge in [0.15, 0.2) is 0 Å². The first-order chi connectivity index (χ1) is 10.8. The summed E-state index contributed by atoms with van der Waals surface area (Å²) in [4.78, 5) is 11.7. The van der Waals surface area contributed by atoms with Gasteiger partial charge in [0.25, 0.3) is 0 Å². The minimum Gasteiger partial charge on any atom is -0.462 e. The Morgan fingerprint density at radius 3 is 2.74 bits per heavy atom. The second-order valence-corrected chi connectivity index (χ2v) is 8.66. The van der Waals surface area contributed by atoms with Crippen molar-refractivity contribution in [2.45, 2.75) is 65.4 Å². The molecule has 3 fully saturated rings. The van der Waals surface area contributed by atoms with Gasteiger partial charge in [-0.15, -0.1) is 0 Å². The number of ether oxygens (including phenoxy) is 1. The lowest BCUT2D eigenvalue weighted by atomic mass is 9.46. The molecule has 2 saturated carbocycles. The number of esters is 1. The molecule has 0 unspecified atom stereocenters. The minimum atomic E-state index is -0.289. The van der Waals surface area contributed by atoms with Crippen LogP contribution >= 0.6 is 0 Å². The normalized spacial score (nSPS) is 41.7. The minimum absolute atomic E-state index is 0.0655. The molecule has 0 spiro atoms. The average Bonchev–Trinajstić information content (AvgIpc) is 2.82. The fourth-order valence-corrected chi connectivity index (χ4v) is 5.80. The van der Waals surface area contributed by atoms with Crippen LogP contribution < -0.4 is 0 Å². The molecule has 128 valence electrons. The summed E-state index contributed by atoms with van der Waals surface area (Å²) in [7, 11) is 0. The lowest BCUT2D eigenvalue weighted by Gasteiger charge is -2.59. The van der Waals surface area contributed by atoms with Gasteiger partial charge in [-0.3, -0.25) is 0 Å². The Labute approximate surface area is 139 Å². The third-order valence-electron chi connectivity index (χ3n) is 6.70. The zero-order chi connectivity index (χ0) is 16.8. The number of hydrogen-bond donors (Lipinski definition) is 1. The molecule has 0 aromatic heterocycles. The summed E-state index contributed by atoms with van der Waals surface area (Å²) >= 11 is 0. The fourth-order valence-electron chi connectivity index (χ4n) is 5.80. The van der Waals surface area contributed by atoms with E-state index in [1.807, 2.05) is 0 Å². The fraction of sp³-hybridized carbons (Fsp3) is 0.750. The van der Waals surface area contributed by atoms with Gasteiger partial charge in [0.05, 0.1) is 12.7 Å². The summed E-state index contributed by atoms with van der Waals surface area (Å²) in [6.45, 7) is 11.7. The van der Waals surface area contributed by atoms with E-state index in [-0.39, 0.29) is 22.9 Å². The number of rotatable bonds is 2. The molecule has 2 aliphatic carbocycles. The van der Waals surface area contributed by atoms with Gasteiger partial charge in [-0.2, -0.15) is 0 Å². The SMILES string of the molecule is C=C1C[C@@H](O)[C@H]2C(C)(C)CCC[C@]2(C)[C@H]1C/C=C1\CCOC1=O. The predicted octanol–water partition coefficient (Wildman–Crippen LogP) is 4.02. The predicted molar refractivity (Wildman–Crippen MR) is 90.8 cm³/mol. The third-order valence-corrected chi connectivity index (χ3v) is 6.70. The molecular weight excluding hydrogens is 288 g/mol. The standard InChI is InChI=1S/C20H30O3/c1-13-12-16(21)17-19(2,3)9-5-10-20(17,4)15(13)7-6-14-8-11-23-18(14)22/h6,15-17,21H,1,5,7-12H2,2-4H3/b14-6+/t15-,16+,17-,20+/m0/s1. The summed E-state index contributed by atoms with van der Waals surface area (Å²) < 4.78 is 5.04. The van der Waals surface area contributed by atoms with Crippen LogP contribution in [0.25, 0.3) is 0 Å². The quantitative estimate of drug-likeness (QED) is 0.475. The number of allylic oxidation sites excluding steroid dienone is 1. The van der Waals surface area contributed by atoms with E-state index in [2.05, 4.69) is 33.4 Å². The molecule has 1 heterocycles. The van der Waals surface area contributed by atoms with Crippen LogP contribution in [0, 0.1) is 22.7 Å². The highest BCUT2D eigenvalue weighted by atomic mass is 16.5. The Morgan fingerprint density at radius 2 is 2.09 bits per heavy atom. The number of aliphatic hydroxyl groups excluding tert-OH is 1.